The van der Waals surface area contributed by atoms with Gasteiger partial charge in [-0.05, 0) is 42.9 Å². The molecule has 0 bridgehead atoms. The van der Waals surface area contributed by atoms with Crippen molar-refractivity contribution in [3.05, 3.63) is 70.9 Å². The summed E-state index contributed by atoms with van der Waals surface area (Å²) in [6.45, 7) is 3.26. The third-order valence-corrected chi connectivity index (χ3v) is 4.55. The zero-order chi connectivity index (χ0) is 17.8. The second-order valence-electron chi connectivity index (χ2n) is 6.66. The molecule has 2 N–H and O–H groups in total. The highest BCUT2D eigenvalue weighted by molar-refractivity contribution is 5.85. The van der Waals surface area contributed by atoms with Gasteiger partial charge in [0.1, 0.15) is 5.75 Å². The number of ether oxygens (including phenoxy) is 1. The summed E-state index contributed by atoms with van der Waals surface area (Å²) < 4.78 is 5.49. The third-order valence-electron chi connectivity index (χ3n) is 4.55. The quantitative estimate of drug-likeness (QED) is 0.880. The molecule has 0 amide bonds. The van der Waals surface area contributed by atoms with Crippen LogP contribution < -0.4 is 10.5 Å². The van der Waals surface area contributed by atoms with Gasteiger partial charge in [0.05, 0.1) is 7.11 Å². The lowest BCUT2D eigenvalue weighted by Gasteiger charge is -2.36. The molecule has 1 aliphatic rings. The van der Waals surface area contributed by atoms with Gasteiger partial charge in [-0.15, -0.1) is 0 Å². The van der Waals surface area contributed by atoms with E-state index in [0.29, 0.717) is 6.54 Å². The number of hydrogen-bond donors (Lipinski definition) is 1. The van der Waals surface area contributed by atoms with Gasteiger partial charge in [-0.3, -0.25) is 0 Å². The minimum atomic E-state index is 0.643. The Morgan fingerprint density at radius 1 is 1.12 bits per heavy atom. The largest absolute Gasteiger partial charge is 0.497 e. The van der Waals surface area contributed by atoms with Gasteiger partial charge in [-0.2, -0.15) is 0 Å². The summed E-state index contributed by atoms with van der Waals surface area (Å²) in [5, 5.41) is 0. The first-order valence-electron chi connectivity index (χ1n) is 8.69. The van der Waals surface area contributed by atoms with Crippen molar-refractivity contribution in [3.63, 3.8) is 0 Å². The minimum Gasteiger partial charge on any atom is -0.497 e. The second-order valence-corrected chi connectivity index (χ2v) is 6.66. The first-order chi connectivity index (χ1) is 12.1. The van der Waals surface area contributed by atoms with Gasteiger partial charge in [-0.25, -0.2) is 0 Å². The highest BCUT2D eigenvalue weighted by Gasteiger charge is 2.26. The van der Waals surface area contributed by atoms with Crippen molar-refractivity contribution in [2.45, 2.75) is 6.54 Å². The summed E-state index contributed by atoms with van der Waals surface area (Å²) in [6, 6.07) is 17.0. The predicted molar refractivity (Wildman–Crippen MR) is 103 cm³/mol. The van der Waals surface area contributed by atoms with E-state index in [9.17, 15) is 0 Å². The second kappa shape index (κ2) is 7.72. The lowest BCUT2D eigenvalue weighted by Crippen LogP contribution is -2.36. The molecule has 4 heteroatoms. The fourth-order valence-electron chi connectivity index (χ4n) is 3.44. The van der Waals surface area contributed by atoms with Crippen LogP contribution in [0.1, 0.15) is 16.7 Å². The zero-order valence-corrected chi connectivity index (χ0v) is 15.3. The molecule has 0 radical (unpaired) electrons. The molecule has 4 nitrogen and oxygen atoms in total. The van der Waals surface area contributed by atoms with E-state index in [1.165, 1.54) is 28.0 Å². The van der Waals surface area contributed by atoms with Gasteiger partial charge in [0.2, 0.25) is 0 Å². The fraction of sp³-hybridized carbons (Fsp3) is 0.333. The summed E-state index contributed by atoms with van der Waals surface area (Å²) >= 11 is 0. The fourth-order valence-corrected chi connectivity index (χ4v) is 3.44. The Hall–Kier alpha value is -2.30. The normalized spacial score (nSPS) is 14.0. The number of nitrogens with zero attached hydrogens (tertiary/aromatic N) is 2. The van der Waals surface area contributed by atoms with E-state index in [1.54, 1.807) is 7.11 Å². The van der Waals surface area contributed by atoms with Crippen LogP contribution in [-0.4, -0.2) is 50.6 Å². The molecule has 0 saturated heterocycles. The number of nitrogens with two attached hydrogens (primary N) is 1. The van der Waals surface area contributed by atoms with E-state index in [1.807, 2.05) is 6.07 Å². The van der Waals surface area contributed by atoms with Crippen LogP contribution in [0.4, 0.5) is 0 Å². The van der Waals surface area contributed by atoms with Crippen LogP contribution in [0, 0.1) is 0 Å². The van der Waals surface area contributed by atoms with Crippen LogP contribution >= 0.6 is 0 Å². The molecule has 0 fully saturated rings. The van der Waals surface area contributed by atoms with Crippen molar-refractivity contribution >= 4 is 5.57 Å². The highest BCUT2D eigenvalue weighted by Crippen LogP contribution is 2.38. The maximum atomic E-state index is 5.90. The van der Waals surface area contributed by atoms with Crippen molar-refractivity contribution in [2.24, 2.45) is 5.73 Å². The Morgan fingerprint density at radius 3 is 2.52 bits per heavy atom. The Balaban J connectivity index is 2.23. The maximum Gasteiger partial charge on any atom is 0.119 e. The van der Waals surface area contributed by atoms with Crippen molar-refractivity contribution in [1.82, 2.24) is 9.80 Å². The molecular weight excluding hydrogens is 310 g/mol. The minimum absolute atomic E-state index is 0.643. The molecule has 0 aromatic heterocycles. The van der Waals surface area contributed by atoms with E-state index < -0.39 is 0 Å². The molecule has 25 heavy (non-hydrogen) atoms. The van der Waals surface area contributed by atoms with Gasteiger partial charge in [-0.1, -0.05) is 36.4 Å². The average Bonchev–Trinajstić information content (AvgIpc) is 2.62. The molecule has 0 aliphatic carbocycles. The molecule has 2 aromatic carbocycles. The summed E-state index contributed by atoms with van der Waals surface area (Å²) in [7, 11) is 5.94. The summed E-state index contributed by atoms with van der Waals surface area (Å²) in [4.78, 5) is 4.63. The molecular formula is C21H27N3O. The number of benzene rings is 2. The lowest BCUT2D eigenvalue weighted by atomic mass is 9.88. The molecule has 3 rings (SSSR count). The smallest absolute Gasteiger partial charge is 0.119 e. The average molecular weight is 337 g/mol. The van der Waals surface area contributed by atoms with Gasteiger partial charge >= 0.3 is 0 Å². The Kier molecular flexibility index (Phi) is 5.41. The standard InChI is InChI=1S/C21H27N3O/c1-23(2)15-20-21(16-7-5-4-6-8-16)19-13-18(25-3)10-9-17(19)14-24(20)12-11-22/h4-10,13H,11-12,14-15,22H2,1-3H3. The Bertz CT molecular complexity index is 753. The molecule has 2 aromatic rings. The van der Waals surface area contributed by atoms with E-state index in [4.69, 9.17) is 10.5 Å². The summed E-state index contributed by atoms with van der Waals surface area (Å²) in [5.74, 6) is 0.892. The van der Waals surface area contributed by atoms with Crippen LogP contribution in [0.5, 0.6) is 5.75 Å². The lowest BCUT2D eigenvalue weighted by molar-refractivity contribution is 0.298. The first kappa shape index (κ1) is 17.5. The molecule has 0 unspecified atom stereocenters. The number of fused-ring (bicyclic) bond motifs is 1. The first-order valence-corrected chi connectivity index (χ1v) is 8.69. The van der Waals surface area contributed by atoms with Gasteiger partial charge in [0.15, 0.2) is 0 Å². The zero-order valence-electron chi connectivity index (χ0n) is 15.3. The number of likely N-dealkylation sites (N-methyl/N-ethyl adjacent to an activating group) is 1. The van der Waals surface area contributed by atoms with Crippen molar-refractivity contribution in [2.75, 3.05) is 40.8 Å². The topological polar surface area (TPSA) is 41.7 Å². The monoisotopic (exact) mass is 337 g/mol. The Labute approximate surface area is 150 Å². The van der Waals surface area contributed by atoms with Crippen LogP contribution in [0.2, 0.25) is 0 Å². The van der Waals surface area contributed by atoms with Crippen molar-refractivity contribution in [1.29, 1.82) is 0 Å². The van der Waals surface area contributed by atoms with Crippen LogP contribution in [0.3, 0.4) is 0 Å². The van der Waals surface area contributed by atoms with E-state index in [2.05, 4.69) is 66.4 Å². The van der Waals surface area contributed by atoms with Crippen molar-refractivity contribution in [3.8, 4) is 5.75 Å². The highest BCUT2D eigenvalue weighted by atomic mass is 16.5. The van der Waals surface area contributed by atoms with Crippen LogP contribution in [0.25, 0.3) is 5.57 Å². The van der Waals surface area contributed by atoms with E-state index in [0.717, 1.165) is 25.4 Å². The number of hydrogen-bond acceptors (Lipinski definition) is 4. The molecule has 0 spiro atoms. The van der Waals surface area contributed by atoms with Gasteiger partial charge in [0, 0.05) is 37.4 Å². The summed E-state index contributed by atoms with van der Waals surface area (Å²) in [6.07, 6.45) is 0. The van der Waals surface area contributed by atoms with Crippen LogP contribution in [0.15, 0.2) is 54.2 Å². The SMILES string of the molecule is COc1ccc2c(c1)C(c1ccccc1)=C(CN(C)C)N(CCN)C2. The molecule has 1 heterocycles. The van der Waals surface area contributed by atoms with E-state index in [-0.39, 0.29) is 0 Å². The number of methoxy groups -OCH3 is 1. The summed E-state index contributed by atoms with van der Waals surface area (Å²) in [5.41, 5.74) is 12.3. The predicted octanol–water partition coefficient (Wildman–Crippen LogP) is 2.79. The van der Waals surface area contributed by atoms with Gasteiger partial charge < -0.3 is 20.3 Å². The molecule has 132 valence electrons. The maximum absolute atomic E-state index is 5.90. The van der Waals surface area contributed by atoms with Gasteiger partial charge in [0.25, 0.3) is 0 Å². The van der Waals surface area contributed by atoms with Crippen molar-refractivity contribution < 1.29 is 4.74 Å². The molecule has 0 saturated carbocycles. The van der Waals surface area contributed by atoms with Crippen LogP contribution in [-0.2, 0) is 6.54 Å². The molecule has 1 aliphatic heterocycles. The Morgan fingerprint density at radius 2 is 1.88 bits per heavy atom. The number of rotatable bonds is 6. The van der Waals surface area contributed by atoms with E-state index >= 15 is 0 Å². The molecule has 0 atom stereocenters. The third kappa shape index (κ3) is 3.70.